The Balaban J connectivity index is 1.30. The maximum absolute atomic E-state index is 15.4. The summed E-state index contributed by atoms with van der Waals surface area (Å²) in [5, 5.41) is 37.1. The van der Waals surface area contributed by atoms with Crippen molar-refractivity contribution < 1.29 is 57.8 Å². The van der Waals surface area contributed by atoms with Gasteiger partial charge < -0.3 is 53.1 Å². The Kier molecular flexibility index (Phi) is 15.4. The van der Waals surface area contributed by atoms with E-state index in [-0.39, 0.29) is 63.1 Å². The van der Waals surface area contributed by atoms with Gasteiger partial charge in [0.25, 0.3) is 5.91 Å². The van der Waals surface area contributed by atoms with Crippen LogP contribution in [-0.2, 0) is 16.1 Å². The molecule has 69 heavy (non-hydrogen) atoms. The fourth-order valence-corrected chi connectivity index (χ4v) is 10.4. The summed E-state index contributed by atoms with van der Waals surface area (Å²) < 4.78 is 42.8. The number of fused-ring (bicyclic) bond motifs is 3. The van der Waals surface area contributed by atoms with Crippen molar-refractivity contribution in [2.75, 3.05) is 53.3 Å². The highest BCUT2D eigenvalue weighted by molar-refractivity contribution is 6.03. The van der Waals surface area contributed by atoms with E-state index in [1.807, 2.05) is 24.3 Å². The highest BCUT2D eigenvalue weighted by Crippen LogP contribution is 2.62. The Bertz CT molecular complexity index is 2610. The fraction of sp³-hybridized carbons (Fsp3) is 0.396. The molecule has 8 rings (SSSR count). The topological polar surface area (TPSA) is 200 Å². The van der Waals surface area contributed by atoms with E-state index in [0.29, 0.717) is 77.0 Å². The molecule has 4 aliphatic rings. The van der Waals surface area contributed by atoms with E-state index in [4.69, 9.17) is 43.2 Å². The van der Waals surface area contributed by atoms with Crippen LogP contribution in [0.3, 0.4) is 0 Å². The quantitative estimate of drug-likeness (QED) is 0.0433. The minimum absolute atomic E-state index is 0.0221. The molecule has 0 bridgehead atoms. The molecular formula is C53H58N4O12. The van der Waals surface area contributed by atoms with Crippen LogP contribution in [0.2, 0.25) is 0 Å². The minimum atomic E-state index is -1.58. The summed E-state index contributed by atoms with van der Waals surface area (Å²) in [4.78, 5) is 36.4. The first-order valence-corrected chi connectivity index (χ1v) is 23.2. The van der Waals surface area contributed by atoms with Gasteiger partial charge in [0.2, 0.25) is 12.6 Å². The van der Waals surface area contributed by atoms with Crippen molar-refractivity contribution in [2.24, 2.45) is 22.9 Å². The average molecular weight is 943 g/mol. The van der Waals surface area contributed by atoms with Gasteiger partial charge in [0.1, 0.15) is 36.1 Å². The van der Waals surface area contributed by atoms with Crippen LogP contribution >= 0.6 is 0 Å². The Morgan fingerprint density at radius 2 is 1.67 bits per heavy atom. The lowest BCUT2D eigenvalue weighted by Crippen LogP contribution is -2.70. The standard InChI is InChI=1S/C53H58N4O12/c1-5-24-67-53-48(57(51(60)35-15-12-33(30-54)13-16-35)31-34-14-20-45-47(25-34)66-32-65-45)29-43(56-64-4)40-26-36(10-6-8-22-58)39(11-7-9-23-59)49(50(40)53)41-27-38(18-21-44(41)69-53)68-52(61)55-42-19-17-37(62-2)28-46(42)63-3/h5,12-21,25-28,36,39,48-50,58-59H,1,6-11,22-24,29,31-32H2,2-4H3,(H,55,61). The van der Waals surface area contributed by atoms with Crippen LogP contribution < -0.4 is 33.7 Å². The van der Waals surface area contributed by atoms with Crippen molar-refractivity contribution in [3.05, 3.63) is 125 Å². The molecule has 16 nitrogen and oxygen atoms in total. The third-order valence-corrected chi connectivity index (χ3v) is 13.4. The maximum atomic E-state index is 15.4. The van der Waals surface area contributed by atoms with Gasteiger partial charge in [0.15, 0.2) is 11.5 Å². The zero-order chi connectivity index (χ0) is 48.5. The number of aliphatic hydroxyl groups is 2. The number of hydrogen-bond donors (Lipinski definition) is 3. The van der Waals surface area contributed by atoms with E-state index in [0.717, 1.165) is 29.5 Å². The van der Waals surface area contributed by atoms with E-state index in [1.165, 1.54) is 21.3 Å². The second-order valence-corrected chi connectivity index (χ2v) is 17.3. The van der Waals surface area contributed by atoms with Crippen molar-refractivity contribution in [1.82, 2.24) is 4.90 Å². The first kappa shape index (κ1) is 48.4. The zero-order valence-electron chi connectivity index (χ0n) is 39.1. The maximum Gasteiger partial charge on any atom is 0.417 e. The third kappa shape index (κ3) is 10.1. The molecule has 4 aromatic rings. The number of oxime groups is 1. The molecule has 3 N–H and O–H groups in total. The molecule has 2 heterocycles. The van der Waals surface area contributed by atoms with Gasteiger partial charge in [-0.3, -0.25) is 10.1 Å². The van der Waals surface area contributed by atoms with Crippen molar-refractivity contribution >= 4 is 23.4 Å². The van der Waals surface area contributed by atoms with Crippen molar-refractivity contribution in [1.29, 1.82) is 5.26 Å². The van der Waals surface area contributed by atoms with Crippen LogP contribution in [0.4, 0.5) is 10.5 Å². The van der Waals surface area contributed by atoms with Crippen LogP contribution in [0.15, 0.2) is 108 Å². The summed E-state index contributed by atoms with van der Waals surface area (Å²) in [5.41, 5.74) is 4.08. The van der Waals surface area contributed by atoms with Crippen LogP contribution in [0.1, 0.15) is 77.9 Å². The number of nitrogens with zero attached hydrogens (tertiary/aromatic N) is 3. The van der Waals surface area contributed by atoms with Crippen molar-refractivity contribution in [3.63, 3.8) is 0 Å². The second-order valence-electron chi connectivity index (χ2n) is 17.3. The summed E-state index contributed by atoms with van der Waals surface area (Å²) in [7, 11) is 4.52. The van der Waals surface area contributed by atoms with Gasteiger partial charge in [-0.05, 0) is 115 Å². The first-order valence-electron chi connectivity index (χ1n) is 23.2. The second kappa shape index (κ2) is 21.9. The van der Waals surface area contributed by atoms with Crippen molar-refractivity contribution in [2.45, 2.75) is 69.2 Å². The van der Waals surface area contributed by atoms with Gasteiger partial charge in [-0.25, -0.2) is 4.79 Å². The first-order chi connectivity index (χ1) is 33.7. The Morgan fingerprint density at radius 1 is 0.913 bits per heavy atom. The van der Waals surface area contributed by atoms with E-state index < -0.39 is 29.8 Å². The third-order valence-electron chi connectivity index (χ3n) is 13.4. The number of aliphatic hydroxyl groups excluding tert-OH is 2. The highest BCUT2D eigenvalue weighted by Gasteiger charge is 2.65. The van der Waals surface area contributed by atoms with Gasteiger partial charge >= 0.3 is 6.09 Å². The monoisotopic (exact) mass is 942 g/mol. The number of allylic oxidation sites excluding steroid dienone is 1. The number of benzene rings is 4. The number of nitriles is 1. The van der Waals surface area contributed by atoms with Gasteiger partial charge in [-0.2, -0.15) is 5.26 Å². The Labute approximate surface area is 401 Å². The molecule has 16 heteroatoms. The number of carbonyl (C=O) groups is 2. The SMILES string of the molecule is C=CCOC12Oc3ccc(OC(=O)Nc4ccc(OC)cc4OC)cc3C3C(CCCCO)C(CCCCO)C=C(C(=NOC)CC1N(Cc1ccc4c(c1)OCO4)C(=O)c1ccc(C#N)cc1)C32. The number of nitrogens with one attached hydrogen (secondary N) is 1. The normalized spacial score (nSPS) is 22.2. The molecule has 0 spiro atoms. The Morgan fingerprint density at radius 3 is 2.39 bits per heavy atom. The lowest BCUT2D eigenvalue weighted by Gasteiger charge is -2.60. The van der Waals surface area contributed by atoms with Crippen LogP contribution in [-0.4, -0.2) is 92.6 Å². The number of hydrogen-bond acceptors (Lipinski definition) is 14. The summed E-state index contributed by atoms with van der Waals surface area (Å²) >= 11 is 0. The lowest BCUT2D eigenvalue weighted by atomic mass is 9.55. The molecule has 0 radical (unpaired) electrons. The molecule has 1 fully saturated rings. The number of carbonyl (C=O) groups excluding carboxylic acids is 2. The average Bonchev–Trinajstić information content (AvgIpc) is 3.85. The molecular weight excluding hydrogens is 885 g/mol. The summed E-state index contributed by atoms with van der Waals surface area (Å²) in [6, 6.07) is 23.6. The molecule has 2 amide bonds. The van der Waals surface area contributed by atoms with E-state index in [9.17, 15) is 20.3 Å². The molecule has 6 unspecified atom stereocenters. The largest absolute Gasteiger partial charge is 0.497 e. The zero-order valence-corrected chi connectivity index (χ0v) is 39.1. The van der Waals surface area contributed by atoms with Crippen molar-refractivity contribution in [3.8, 4) is 40.6 Å². The van der Waals surface area contributed by atoms with E-state index in [2.05, 4.69) is 24.0 Å². The number of ether oxygens (including phenoxy) is 7. The Hall–Kier alpha value is -7.06. The molecule has 0 saturated heterocycles. The molecule has 362 valence electrons. The van der Waals surface area contributed by atoms with E-state index in [1.54, 1.807) is 65.6 Å². The molecule has 1 saturated carbocycles. The molecule has 0 aromatic heterocycles. The molecule has 2 aliphatic heterocycles. The smallest absolute Gasteiger partial charge is 0.417 e. The van der Waals surface area contributed by atoms with E-state index >= 15 is 4.79 Å². The van der Waals surface area contributed by atoms with Gasteiger partial charge in [-0.1, -0.05) is 36.2 Å². The highest BCUT2D eigenvalue weighted by atomic mass is 16.7. The lowest BCUT2D eigenvalue weighted by molar-refractivity contribution is -0.255. The summed E-state index contributed by atoms with van der Waals surface area (Å²) in [6.07, 6.45) is 7.38. The van der Waals surface area contributed by atoms with Gasteiger partial charge in [0, 0.05) is 49.3 Å². The summed E-state index contributed by atoms with van der Waals surface area (Å²) in [5.74, 6) is -0.288. The van der Waals surface area contributed by atoms with Gasteiger partial charge in [-0.15, -0.1) is 6.58 Å². The summed E-state index contributed by atoms with van der Waals surface area (Å²) in [6.45, 7) is 4.31. The number of amides is 2. The predicted octanol–water partition coefficient (Wildman–Crippen LogP) is 8.52. The molecule has 4 aromatic carbocycles. The van der Waals surface area contributed by atoms with Crippen LogP contribution in [0, 0.1) is 29.1 Å². The number of anilines is 1. The van der Waals surface area contributed by atoms with Crippen LogP contribution in [0.25, 0.3) is 0 Å². The fourth-order valence-electron chi connectivity index (χ4n) is 10.4. The predicted molar refractivity (Wildman–Crippen MR) is 255 cm³/mol. The molecule has 6 atom stereocenters. The molecule has 2 aliphatic carbocycles. The number of unbranched alkanes of at least 4 members (excludes halogenated alkanes) is 2. The van der Waals surface area contributed by atoms with Crippen LogP contribution in [0.5, 0.6) is 34.5 Å². The number of methoxy groups -OCH3 is 2. The van der Waals surface area contributed by atoms with Gasteiger partial charge in [0.05, 0.1) is 49.8 Å². The number of rotatable bonds is 20. The minimum Gasteiger partial charge on any atom is -0.497 e.